The van der Waals surface area contributed by atoms with E-state index in [0.717, 1.165) is 19.7 Å². The van der Waals surface area contributed by atoms with Gasteiger partial charge in [-0.25, -0.2) is 0 Å². The third-order valence-corrected chi connectivity index (χ3v) is 4.69. The molecule has 0 radical (unpaired) electrons. The molecule has 2 aliphatic rings. The second kappa shape index (κ2) is 7.61. The first-order valence-corrected chi connectivity index (χ1v) is 8.29. The number of fused-ring (bicyclic) bond motifs is 1. The average molecular weight is 268 g/mol. The lowest BCUT2D eigenvalue weighted by Gasteiger charge is -2.46. The Morgan fingerprint density at radius 3 is 2.79 bits per heavy atom. The van der Waals surface area contributed by atoms with E-state index in [4.69, 9.17) is 4.74 Å². The van der Waals surface area contributed by atoms with Crippen LogP contribution in [0.3, 0.4) is 0 Å². The molecule has 3 nitrogen and oxygen atoms in total. The average Bonchev–Trinajstić information content (AvgIpc) is 2.42. The second-order valence-electron chi connectivity index (χ2n) is 6.60. The van der Waals surface area contributed by atoms with E-state index in [2.05, 4.69) is 31.0 Å². The molecule has 1 N–H and O–H groups in total. The molecule has 3 unspecified atom stereocenters. The maximum atomic E-state index is 5.97. The number of nitrogens with zero attached hydrogens (tertiary/aromatic N) is 1. The highest BCUT2D eigenvalue weighted by Crippen LogP contribution is 2.30. The van der Waals surface area contributed by atoms with Crippen LogP contribution in [0.4, 0.5) is 0 Å². The highest BCUT2D eigenvalue weighted by molar-refractivity contribution is 4.89. The van der Waals surface area contributed by atoms with Gasteiger partial charge in [0.15, 0.2) is 0 Å². The zero-order chi connectivity index (χ0) is 13.7. The van der Waals surface area contributed by atoms with E-state index < -0.39 is 0 Å². The number of rotatable bonds is 6. The molecule has 112 valence electrons. The summed E-state index contributed by atoms with van der Waals surface area (Å²) in [5, 5.41) is 3.52. The lowest BCUT2D eigenvalue weighted by Crippen LogP contribution is -2.55. The van der Waals surface area contributed by atoms with E-state index in [-0.39, 0.29) is 0 Å². The minimum Gasteiger partial charge on any atom is -0.375 e. The van der Waals surface area contributed by atoms with Crippen molar-refractivity contribution in [3.05, 3.63) is 0 Å². The van der Waals surface area contributed by atoms with E-state index in [1.807, 2.05) is 0 Å². The first kappa shape index (κ1) is 15.3. The molecule has 3 heteroatoms. The van der Waals surface area contributed by atoms with E-state index in [1.54, 1.807) is 0 Å². The fourth-order valence-electron chi connectivity index (χ4n) is 3.63. The summed E-state index contributed by atoms with van der Waals surface area (Å²) < 4.78 is 5.97. The molecule has 0 aromatic rings. The van der Waals surface area contributed by atoms with Crippen molar-refractivity contribution < 1.29 is 4.74 Å². The van der Waals surface area contributed by atoms with Gasteiger partial charge in [0.05, 0.1) is 12.7 Å². The molecule has 0 spiro atoms. The lowest BCUT2D eigenvalue weighted by atomic mass is 9.89. The van der Waals surface area contributed by atoms with Crippen molar-refractivity contribution in [3.8, 4) is 0 Å². The number of morpholine rings is 1. The van der Waals surface area contributed by atoms with Crippen LogP contribution in [-0.2, 0) is 4.74 Å². The Bertz CT molecular complexity index is 255. The summed E-state index contributed by atoms with van der Waals surface area (Å²) in [6.45, 7) is 10.1. The van der Waals surface area contributed by atoms with Gasteiger partial charge in [-0.1, -0.05) is 26.7 Å². The number of hydrogen-bond donors (Lipinski definition) is 1. The number of nitrogens with one attached hydrogen (secondary N) is 1. The summed E-state index contributed by atoms with van der Waals surface area (Å²) in [5.41, 5.74) is 0. The molecule has 1 saturated carbocycles. The minimum absolute atomic E-state index is 0.527. The molecule has 1 aliphatic carbocycles. The van der Waals surface area contributed by atoms with Crippen molar-refractivity contribution in [1.82, 2.24) is 10.2 Å². The Kier molecular flexibility index (Phi) is 6.11. The van der Waals surface area contributed by atoms with Gasteiger partial charge in [0.2, 0.25) is 0 Å². The highest BCUT2D eigenvalue weighted by Gasteiger charge is 2.35. The monoisotopic (exact) mass is 268 g/mol. The largest absolute Gasteiger partial charge is 0.375 e. The van der Waals surface area contributed by atoms with E-state index in [1.165, 1.54) is 38.5 Å². The van der Waals surface area contributed by atoms with Crippen LogP contribution in [0.25, 0.3) is 0 Å². The lowest BCUT2D eigenvalue weighted by molar-refractivity contribution is -0.101. The van der Waals surface area contributed by atoms with Crippen molar-refractivity contribution in [2.24, 2.45) is 0 Å². The van der Waals surface area contributed by atoms with Crippen LogP contribution < -0.4 is 5.32 Å². The van der Waals surface area contributed by atoms with Crippen LogP contribution in [-0.4, -0.2) is 48.8 Å². The van der Waals surface area contributed by atoms with Gasteiger partial charge in [0.1, 0.15) is 0 Å². The normalized spacial score (nSPS) is 30.3. The van der Waals surface area contributed by atoms with E-state index in [9.17, 15) is 0 Å². The maximum absolute atomic E-state index is 5.97. The molecular weight excluding hydrogens is 236 g/mol. The molecule has 3 atom stereocenters. The summed E-state index contributed by atoms with van der Waals surface area (Å²) in [4.78, 5) is 2.74. The molecule has 1 heterocycles. The minimum atomic E-state index is 0.527. The molecule has 0 aromatic heterocycles. The van der Waals surface area contributed by atoms with Crippen molar-refractivity contribution in [2.45, 2.75) is 83.5 Å². The fraction of sp³-hybridized carbons (Fsp3) is 1.00. The van der Waals surface area contributed by atoms with Crippen LogP contribution in [0, 0.1) is 0 Å². The van der Waals surface area contributed by atoms with Crippen LogP contribution in [0.15, 0.2) is 0 Å². The fourth-order valence-corrected chi connectivity index (χ4v) is 3.63. The summed E-state index contributed by atoms with van der Waals surface area (Å²) in [7, 11) is 0. The second-order valence-corrected chi connectivity index (χ2v) is 6.60. The van der Waals surface area contributed by atoms with Crippen molar-refractivity contribution >= 4 is 0 Å². The molecule has 0 aromatic carbocycles. The third kappa shape index (κ3) is 4.44. The van der Waals surface area contributed by atoms with Crippen LogP contribution in [0.1, 0.15) is 59.3 Å². The van der Waals surface area contributed by atoms with Gasteiger partial charge < -0.3 is 10.1 Å². The van der Waals surface area contributed by atoms with Crippen LogP contribution in [0.2, 0.25) is 0 Å². The predicted molar refractivity (Wildman–Crippen MR) is 80.5 cm³/mol. The highest BCUT2D eigenvalue weighted by atomic mass is 16.5. The summed E-state index contributed by atoms with van der Waals surface area (Å²) in [5.74, 6) is 0. The molecule has 2 rings (SSSR count). The zero-order valence-corrected chi connectivity index (χ0v) is 13.0. The Morgan fingerprint density at radius 1 is 1.21 bits per heavy atom. The smallest absolute Gasteiger partial charge is 0.0731 e. The van der Waals surface area contributed by atoms with Crippen LogP contribution >= 0.6 is 0 Å². The van der Waals surface area contributed by atoms with Gasteiger partial charge in [0.25, 0.3) is 0 Å². The quantitative estimate of drug-likeness (QED) is 0.750. The maximum Gasteiger partial charge on any atom is 0.0731 e. The summed E-state index contributed by atoms with van der Waals surface area (Å²) >= 11 is 0. The third-order valence-electron chi connectivity index (χ3n) is 4.69. The molecule has 19 heavy (non-hydrogen) atoms. The van der Waals surface area contributed by atoms with Gasteiger partial charge in [0, 0.05) is 24.7 Å². The van der Waals surface area contributed by atoms with E-state index >= 15 is 0 Å². The Balaban J connectivity index is 1.75. The standard InChI is InChI=1S/C16H32N2O/c1-13(2)17-10-6-7-14(3)18-11-12-19-16-9-5-4-8-15(16)18/h13-17H,4-12H2,1-3H3. The SMILES string of the molecule is CC(C)NCCCC(C)N1CCOC2CCCCC21. The molecule has 2 fully saturated rings. The molecular formula is C16H32N2O. The summed E-state index contributed by atoms with van der Waals surface area (Å²) in [6, 6.07) is 2.03. The molecule has 0 bridgehead atoms. The zero-order valence-electron chi connectivity index (χ0n) is 13.0. The van der Waals surface area contributed by atoms with Gasteiger partial charge in [-0.15, -0.1) is 0 Å². The van der Waals surface area contributed by atoms with E-state index in [0.29, 0.717) is 24.2 Å². The van der Waals surface area contributed by atoms with Gasteiger partial charge in [-0.3, -0.25) is 4.90 Å². The van der Waals surface area contributed by atoms with Gasteiger partial charge in [-0.05, 0) is 39.2 Å². The molecule has 1 aliphatic heterocycles. The number of ether oxygens (including phenoxy) is 1. The van der Waals surface area contributed by atoms with Gasteiger partial charge >= 0.3 is 0 Å². The Hall–Kier alpha value is -0.120. The van der Waals surface area contributed by atoms with Gasteiger partial charge in [-0.2, -0.15) is 0 Å². The Morgan fingerprint density at radius 2 is 2.00 bits per heavy atom. The van der Waals surface area contributed by atoms with Crippen molar-refractivity contribution in [2.75, 3.05) is 19.7 Å². The first-order chi connectivity index (χ1) is 9.18. The Labute approximate surface area is 119 Å². The molecule has 0 amide bonds. The number of hydrogen-bond acceptors (Lipinski definition) is 3. The van der Waals surface area contributed by atoms with Crippen LogP contribution in [0.5, 0.6) is 0 Å². The molecule has 1 saturated heterocycles. The summed E-state index contributed by atoms with van der Waals surface area (Å²) in [6.07, 6.45) is 8.50. The van der Waals surface area contributed by atoms with Crippen molar-refractivity contribution in [1.29, 1.82) is 0 Å². The first-order valence-electron chi connectivity index (χ1n) is 8.29. The van der Waals surface area contributed by atoms with Crippen molar-refractivity contribution in [3.63, 3.8) is 0 Å². The topological polar surface area (TPSA) is 24.5 Å². The predicted octanol–water partition coefficient (Wildman–Crippen LogP) is 2.80.